The summed E-state index contributed by atoms with van der Waals surface area (Å²) in [6.45, 7) is 3.18. The van der Waals surface area contributed by atoms with Crippen LogP contribution in [0.3, 0.4) is 0 Å². The first-order valence-corrected chi connectivity index (χ1v) is 8.12. The van der Waals surface area contributed by atoms with Gasteiger partial charge in [-0.15, -0.1) is 11.3 Å². The fourth-order valence-corrected chi connectivity index (χ4v) is 3.96. The summed E-state index contributed by atoms with van der Waals surface area (Å²) >= 11 is 1.80. The van der Waals surface area contributed by atoms with E-state index in [9.17, 15) is 0 Å². The maximum absolute atomic E-state index is 5.32. The Morgan fingerprint density at radius 2 is 2.15 bits per heavy atom. The Kier molecular flexibility index (Phi) is 4.08. The Morgan fingerprint density at radius 3 is 2.80 bits per heavy atom. The second-order valence-corrected chi connectivity index (χ2v) is 6.28. The monoisotopic (exact) mass is 287 g/mol. The van der Waals surface area contributed by atoms with Gasteiger partial charge in [-0.1, -0.05) is 37.3 Å². The van der Waals surface area contributed by atoms with Gasteiger partial charge in [-0.3, -0.25) is 0 Å². The van der Waals surface area contributed by atoms with E-state index in [1.54, 1.807) is 18.4 Å². The average molecular weight is 287 g/mol. The van der Waals surface area contributed by atoms with E-state index in [2.05, 4.69) is 54.0 Å². The van der Waals surface area contributed by atoms with Gasteiger partial charge >= 0.3 is 0 Å². The van der Waals surface area contributed by atoms with Gasteiger partial charge < -0.3 is 10.1 Å². The third-order valence-electron chi connectivity index (χ3n) is 4.06. The zero-order chi connectivity index (χ0) is 13.9. The highest BCUT2D eigenvalue weighted by Gasteiger charge is 2.44. The highest BCUT2D eigenvalue weighted by atomic mass is 32.1. The predicted octanol–water partition coefficient (Wildman–Crippen LogP) is 4.21. The number of hydrogen-bond acceptors (Lipinski definition) is 3. The summed E-state index contributed by atoms with van der Waals surface area (Å²) in [5, 5.41) is 5.75. The van der Waals surface area contributed by atoms with Gasteiger partial charge in [-0.25, -0.2) is 0 Å². The van der Waals surface area contributed by atoms with Gasteiger partial charge in [0.25, 0.3) is 0 Å². The molecule has 106 valence electrons. The summed E-state index contributed by atoms with van der Waals surface area (Å²) in [4.78, 5) is 1.40. The highest BCUT2D eigenvalue weighted by molar-refractivity contribution is 7.10. The molecule has 1 aliphatic carbocycles. The van der Waals surface area contributed by atoms with Crippen LogP contribution in [0.2, 0.25) is 0 Å². The second-order valence-electron chi connectivity index (χ2n) is 5.34. The molecule has 1 heterocycles. The van der Waals surface area contributed by atoms with Crippen LogP contribution < -0.4 is 10.1 Å². The van der Waals surface area contributed by atoms with Crippen molar-refractivity contribution < 1.29 is 4.74 Å². The van der Waals surface area contributed by atoms with E-state index in [-0.39, 0.29) is 0 Å². The molecule has 1 aliphatic rings. The van der Waals surface area contributed by atoms with E-state index in [4.69, 9.17) is 4.74 Å². The molecular weight excluding hydrogens is 266 g/mol. The second kappa shape index (κ2) is 5.98. The summed E-state index contributed by atoms with van der Waals surface area (Å²) < 4.78 is 5.32. The maximum Gasteiger partial charge on any atom is 0.129 e. The Balaban J connectivity index is 1.76. The zero-order valence-electron chi connectivity index (χ0n) is 12.0. The standard InChI is InChI=1S/C17H21NOS/c1-3-18-17(16-9-13(19-2)11-20-16)15-10-14(15)12-7-5-4-6-8-12/h4-9,11,14-15,17-18H,3,10H2,1-2H3. The first-order valence-electron chi connectivity index (χ1n) is 7.24. The smallest absolute Gasteiger partial charge is 0.129 e. The molecule has 20 heavy (non-hydrogen) atoms. The van der Waals surface area contributed by atoms with Crippen LogP contribution in [-0.4, -0.2) is 13.7 Å². The average Bonchev–Trinajstić information content (AvgIpc) is 3.14. The molecule has 0 amide bonds. The van der Waals surface area contributed by atoms with Crippen molar-refractivity contribution in [2.75, 3.05) is 13.7 Å². The van der Waals surface area contributed by atoms with Crippen molar-refractivity contribution in [3.8, 4) is 5.75 Å². The van der Waals surface area contributed by atoms with Crippen molar-refractivity contribution in [2.45, 2.75) is 25.3 Å². The molecule has 1 aromatic carbocycles. The molecule has 0 radical (unpaired) electrons. The summed E-state index contributed by atoms with van der Waals surface area (Å²) in [6.07, 6.45) is 1.28. The summed E-state index contributed by atoms with van der Waals surface area (Å²) in [5.74, 6) is 2.39. The third-order valence-corrected chi connectivity index (χ3v) is 5.05. The first kappa shape index (κ1) is 13.7. The van der Waals surface area contributed by atoms with Gasteiger partial charge in [0.15, 0.2) is 0 Å². The Morgan fingerprint density at radius 1 is 1.35 bits per heavy atom. The first-order chi connectivity index (χ1) is 9.83. The van der Waals surface area contributed by atoms with Crippen LogP contribution in [0.4, 0.5) is 0 Å². The minimum atomic E-state index is 0.458. The largest absolute Gasteiger partial charge is 0.496 e. The lowest BCUT2D eigenvalue weighted by molar-refractivity contribution is 0.415. The van der Waals surface area contributed by atoms with Gasteiger partial charge in [-0.2, -0.15) is 0 Å². The maximum atomic E-state index is 5.32. The predicted molar refractivity (Wildman–Crippen MR) is 84.6 cm³/mol. The lowest BCUT2D eigenvalue weighted by atomic mass is 10.0. The summed E-state index contributed by atoms with van der Waals surface area (Å²) in [5.41, 5.74) is 1.48. The van der Waals surface area contributed by atoms with Gasteiger partial charge in [0.05, 0.1) is 7.11 Å². The molecule has 0 saturated heterocycles. The summed E-state index contributed by atoms with van der Waals surface area (Å²) in [6, 6.07) is 13.5. The molecule has 2 nitrogen and oxygen atoms in total. The van der Waals surface area contributed by atoms with Crippen LogP contribution in [0.5, 0.6) is 5.75 Å². The van der Waals surface area contributed by atoms with Crippen LogP contribution in [0.15, 0.2) is 41.8 Å². The molecule has 0 bridgehead atoms. The van der Waals surface area contributed by atoms with Gasteiger partial charge in [-0.05, 0) is 36.4 Å². The fourth-order valence-electron chi connectivity index (χ4n) is 2.95. The lowest BCUT2D eigenvalue weighted by Crippen LogP contribution is -2.22. The van der Waals surface area contributed by atoms with Crippen molar-refractivity contribution in [1.29, 1.82) is 0 Å². The van der Waals surface area contributed by atoms with E-state index >= 15 is 0 Å². The number of methoxy groups -OCH3 is 1. The molecule has 3 rings (SSSR count). The molecule has 3 heteroatoms. The van der Waals surface area contributed by atoms with Gasteiger partial charge in [0.2, 0.25) is 0 Å². The van der Waals surface area contributed by atoms with Crippen molar-refractivity contribution in [2.24, 2.45) is 5.92 Å². The van der Waals surface area contributed by atoms with Crippen molar-refractivity contribution >= 4 is 11.3 Å². The van der Waals surface area contributed by atoms with Crippen LogP contribution in [0, 0.1) is 5.92 Å². The van der Waals surface area contributed by atoms with E-state index in [1.165, 1.54) is 16.9 Å². The quantitative estimate of drug-likeness (QED) is 0.859. The Hall–Kier alpha value is -1.32. The zero-order valence-corrected chi connectivity index (χ0v) is 12.8. The minimum absolute atomic E-state index is 0.458. The Labute approximate surface area is 124 Å². The van der Waals surface area contributed by atoms with Crippen LogP contribution in [0.25, 0.3) is 0 Å². The molecule has 2 aromatic rings. The van der Waals surface area contributed by atoms with Gasteiger partial charge in [0, 0.05) is 16.3 Å². The van der Waals surface area contributed by atoms with E-state index < -0.39 is 0 Å². The fraction of sp³-hybridized carbons (Fsp3) is 0.412. The molecular formula is C17H21NOS. The number of nitrogens with one attached hydrogen (secondary N) is 1. The van der Waals surface area contributed by atoms with Gasteiger partial charge in [0.1, 0.15) is 5.75 Å². The number of hydrogen-bond donors (Lipinski definition) is 1. The number of rotatable bonds is 6. The van der Waals surface area contributed by atoms with Crippen LogP contribution in [0.1, 0.15) is 35.7 Å². The molecule has 1 fully saturated rings. The minimum Gasteiger partial charge on any atom is -0.496 e. The number of thiophene rings is 1. The summed E-state index contributed by atoms with van der Waals surface area (Å²) in [7, 11) is 1.73. The molecule has 1 N–H and O–H groups in total. The lowest BCUT2D eigenvalue weighted by Gasteiger charge is -2.16. The normalized spacial score (nSPS) is 22.5. The third kappa shape index (κ3) is 2.74. The number of ether oxygens (including phenoxy) is 1. The van der Waals surface area contributed by atoms with Crippen molar-refractivity contribution in [1.82, 2.24) is 5.32 Å². The molecule has 3 unspecified atom stereocenters. The number of benzene rings is 1. The van der Waals surface area contributed by atoms with E-state index in [1.807, 2.05) is 0 Å². The highest BCUT2D eigenvalue weighted by Crippen LogP contribution is 2.54. The SMILES string of the molecule is CCNC(c1cc(OC)cs1)C1CC1c1ccccc1. The molecule has 0 aliphatic heterocycles. The molecule has 1 saturated carbocycles. The van der Waals surface area contributed by atoms with E-state index in [0.29, 0.717) is 17.9 Å². The Bertz CT molecular complexity index is 551. The van der Waals surface area contributed by atoms with Crippen molar-refractivity contribution in [3.05, 3.63) is 52.2 Å². The molecule has 3 atom stereocenters. The van der Waals surface area contributed by atoms with Crippen LogP contribution in [-0.2, 0) is 0 Å². The molecule has 1 aromatic heterocycles. The topological polar surface area (TPSA) is 21.3 Å². The van der Waals surface area contributed by atoms with Crippen LogP contribution >= 0.6 is 11.3 Å². The van der Waals surface area contributed by atoms with E-state index in [0.717, 1.165) is 12.3 Å². The molecule has 0 spiro atoms. The van der Waals surface area contributed by atoms with Crippen molar-refractivity contribution in [3.63, 3.8) is 0 Å².